The van der Waals surface area contributed by atoms with E-state index in [-0.39, 0.29) is 17.1 Å². The minimum absolute atomic E-state index is 0.0658. The predicted octanol–water partition coefficient (Wildman–Crippen LogP) is 11.9. The van der Waals surface area contributed by atoms with Gasteiger partial charge in [0.15, 0.2) is 5.78 Å². The largest absolute Gasteiger partial charge is 0.507 e. The van der Waals surface area contributed by atoms with Crippen molar-refractivity contribution in [3.8, 4) is 11.5 Å². The smallest absolute Gasteiger partial charge is 0.189 e. The molecule has 0 bridgehead atoms. The van der Waals surface area contributed by atoms with E-state index in [1.807, 2.05) is 6.08 Å². The van der Waals surface area contributed by atoms with Crippen LogP contribution in [0.1, 0.15) is 158 Å². The third-order valence-corrected chi connectivity index (χ3v) is 8.72. The van der Waals surface area contributed by atoms with Gasteiger partial charge in [0, 0.05) is 24.8 Å². The van der Waals surface area contributed by atoms with Gasteiger partial charge in [-0.2, -0.15) is 0 Å². The molecule has 44 heavy (non-hydrogen) atoms. The fourth-order valence-electron chi connectivity index (χ4n) is 5.85. The molecule has 0 saturated heterocycles. The first-order valence-electron chi connectivity index (χ1n) is 18.0. The first-order chi connectivity index (χ1) is 21.6. The van der Waals surface area contributed by atoms with Crippen molar-refractivity contribution in [2.75, 3.05) is 25.1 Å². The third kappa shape index (κ3) is 16.4. The van der Waals surface area contributed by atoms with Gasteiger partial charge in [-0.3, -0.25) is 4.79 Å². The van der Waals surface area contributed by atoms with Gasteiger partial charge >= 0.3 is 0 Å². The van der Waals surface area contributed by atoms with Crippen molar-refractivity contribution in [1.29, 1.82) is 0 Å². The monoisotopic (exact) mass is 605 g/mol. The Morgan fingerprint density at radius 1 is 0.659 bits per heavy atom. The number of allylic oxidation sites excluding steroid dienone is 1. The summed E-state index contributed by atoms with van der Waals surface area (Å²) in [5.74, 6) is 0.237. The van der Waals surface area contributed by atoms with Crippen molar-refractivity contribution in [2.24, 2.45) is 0 Å². The molecule has 2 aromatic rings. The zero-order valence-electron chi connectivity index (χ0n) is 28.5. The Bertz CT molecular complexity index is 1010. The maximum Gasteiger partial charge on any atom is 0.189 e. The molecule has 0 aliphatic heterocycles. The van der Waals surface area contributed by atoms with Crippen LogP contribution < -0.4 is 9.64 Å². The summed E-state index contributed by atoms with van der Waals surface area (Å²) < 4.78 is 5.12. The number of ether oxygens (including phenoxy) is 1. The highest BCUT2D eigenvalue weighted by atomic mass is 16.5. The molecule has 1 N–H and O–H groups in total. The molecule has 4 heteroatoms. The molecule has 0 amide bonds. The Labute approximate surface area is 270 Å². The average molecular weight is 606 g/mol. The molecule has 0 atom stereocenters. The van der Waals surface area contributed by atoms with Crippen LogP contribution in [0.4, 0.5) is 5.69 Å². The van der Waals surface area contributed by atoms with Gasteiger partial charge in [0.05, 0.1) is 12.7 Å². The van der Waals surface area contributed by atoms with Crippen LogP contribution in [0.25, 0.3) is 6.08 Å². The normalized spacial score (nSPS) is 11.3. The van der Waals surface area contributed by atoms with Crippen LogP contribution in [0.15, 0.2) is 48.5 Å². The number of phenols is 1. The molecule has 0 fully saturated rings. The van der Waals surface area contributed by atoms with Crippen molar-refractivity contribution in [1.82, 2.24) is 0 Å². The summed E-state index contributed by atoms with van der Waals surface area (Å²) in [4.78, 5) is 15.2. The molecule has 0 unspecified atom stereocenters. The number of anilines is 1. The molecule has 0 aromatic heterocycles. The van der Waals surface area contributed by atoms with Crippen LogP contribution in [0.5, 0.6) is 11.5 Å². The van der Waals surface area contributed by atoms with Crippen molar-refractivity contribution < 1.29 is 14.6 Å². The van der Waals surface area contributed by atoms with Gasteiger partial charge in [0.25, 0.3) is 0 Å². The SMILES string of the molecule is CCCCCCCCCCCCN(CCCCCCCCCCCC)c1ccc(/C=C/C(=O)c2ccc(OC)cc2O)cc1. The molecular formula is C40H63NO3. The molecule has 0 heterocycles. The van der Waals surface area contributed by atoms with E-state index in [9.17, 15) is 9.90 Å². The second kappa shape index (κ2) is 24.6. The standard InChI is InChI=1S/C40H63NO3/c1-4-6-8-10-12-14-16-18-20-22-32-41(33-23-21-19-17-15-13-11-9-7-5-2)36-27-24-35(25-28-36)26-31-39(42)38-30-29-37(44-3)34-40(38)43/h24-31,34,43H,4-23,32-33H2,1-3H3/b31-26+. The second-order valence-electron chi connectivity index (χ2n) is 12.5. The van der Waals surface area contributed by atoms with E-state index in [2.05, 4.69) is 43.0 Å². The number of hydrogen-bond acceptors (Lipinski definition) is 4. The minimum atomic E-state index is -0.224. The first-order valence-corrected chi connectivity index (χ1v) is 18.0. The number of phenolic OH excluding ortho intramolecular Hbond substituents is 1. The lowest BCUT2D eigenvalue weighted by molar-refractivity contribution is 0.104. The highest BCUT2D eigenvalue weighted by Gasteiger charge is 2.10. The predicted molar refractivity (Wildman–Crippen MR) is 190 cm³/mol. The van der Waals surface area contributed by atoms with Crippen LogP contribution in [-0.2, 0) is 0 Å². The van der Waals surface area contributed by atoms with Crippen LogP contribution in [-0.4, -0.2) is 31.1 Å². The van der Waals surface area contributed by atoms with Gasteiger partial charge in [0.1, 0.15) is 11.5 Å². The molecule has 0 radical (unpaired) electrons. The van der Waals surface area contributed by atoms with Gasteiger partial charge < -0.3 is 14.7 Å². The molecule has 2 rings (SSSR count). The average Bonchev–Trinajstić information content (AvgIpc) is 3.04. The number of carbonyl (C=O) groups excluding carboxylic acids is 1. The number of benzene rings is 2. The van der Waals surface area contributed by atoms with E-state index >= 15 is 0 Å². The van der Waals surface area contributed by atoms with E-state index in [0.29, 0.717) is 5.75 Å². The van der Waals surface area contributed by atoms with Crippen molar-refractivity contribution >= 4 is 17.5 Å². The topological polar surface area (TPSA) is 49.8 Å². The molecule has 2 aromatic carbocycles. The molecule has 4 nitrogen and oxygen atoms in total. The zero-order chi connectivity index (χ0) is 31.7. The second-order valence-corrected chi connectivity index (χ2v) is 12.5. The quantitative estimate of drug-likeness (QED) is 0.0625. The van der Waals surface area contributed by atoms with E-state index in [1.165, 1.54) is 153 Å². The maximum absolute atomic E-state index is 12.7. The van der Waals surface area contributed by atoms with E-state index in [0.717, 1.165) is 18.7 Å². The highest BCUT2D eigenvalue weighted by Crippen LogP contribution is 2.25. The number of methoxy groups -OCH3 is 1. The molecule has 246 valence electrons. The number of nitrogens with zero attached hydrogens (tertiary/aromatic N) is 1. The number of ketones is 1. The van der Waals surface area contributed by atoms with E-state index in [4.69, 9.17) is 4.74 Å². The van der Waals surface area contributed by atoms with Crippen molar-refractivity contribution in [3.63, 3.8) is 0 Å². The van der Waals surface area contributed by atoms with Gasteiger partial charge in [0.2, 0.25) is 0 Å². The third-order valence-electron chi connectivity index (χ3n) is 8.72. The van der Waals surface area contributed by atoms with E-state index in [1.54, 1.807) is 12.1 Å². The fourth-order valence-corrected chi connectivity index (χ4v) is 5.85. The summed E-state index contributed by atoms with van der Waals surface area (Å²) >= 11 is 0. The lowest BCUT2D eigenvalue weighted by Gasteiger charge is -2.25. The summed E-state index contributed by atoms with van der Waals surface area (Å²) in [7, 11) is 1.54. The highest BCUT2D eigenvalue weighted by molar-refractivity contribution is 6.08. The fraction of sp³-hybridized carbons (Fsp3) is 0.625. The van der Waals surface area contributed by atoms with Gasteiger partial charge in [-0.25, -0.2) is 0 Å². The number of hydrogen-bond donors (Lipinski definition) is 1. The molecule has 0 saturated carbocycles. The number of rotatable bonds is 27. The Morgan fingerprint density at radius 3 is 1.55 bits per heavy atom. The summed E-state index contributed by atoms with van der Waals surface area (Å²) in [6.07, 6.45) is 30.5. The molecule has 0 aliphatic rings. The summed E-state index contributed by atoms with van der Waals surface area (Å²) in [5.41, 5.74) is 2.53. The lowest BCUT2D eigenvalue weighted by Crippen LogP contribution is -2.25. The molecular weight excluding hydrogens is 542 g/mol. The zero-order valence-corrected chi connectivity index (χ0v) is 28.5. The van der Waals surface area contributed by atoms with Crippen LogP contribution in [0, 0.1) is 0 Å². The molecule has 0 spiro atoms. The van der Waals surface area contributed by atoms with Crippen LogP contribution in [0.2, 0.25) is 0 Å². The Hall–Kier alpha value is -2.75. The van der Waals surface area contributed by atoms with Crippen molar-refractivity contribution in [3.05, 3.63) is 59.7 Å². The lowest BCUT2D eigenvalue weighted by atomic mass is 10.1. The molecule has 0 aliphatic carbocycles. The van der Waals surface area contributed by atoms with Gasteiger partial charge in [-0.1, -0.05) is 148 Å². The Kier molecular flexibility index (Phi) is 20.9. The number of aromatic hydroxyl groups is 1. The summed E-state index contributed by atoms with van der Waals surface area (Å²) in [5, 5.41) is 10.2. The Balaban J connectivity index is 1.84. The Morgan fingerprint density at radius 2 is 1.11 bits per heavy atom. The van der Waals surface area contributed by atoms with E-state index < -0.39 is 0 Å². The van der Waals surface area contributed by atoms with Gasteiger partial charge in [-0.05, 0) is 48.7 Å². The number of carbonyl (C=O) groups is 1. The number of unbranched alkanes of at least 4 members (excludes halogenated alkanes) is 18. The first kappa shape index (κ1) is 37.4. The summed E-state index contributed by atoms with van der Waals surface area (Å²) in [6.45, 7) is 6.79. The summed E-state index contributed by atoms with van der Waals surface area (Å²) in [6, 6.07) is 13.3. The van der Waals surface area contributed by atoms with Crippen molar-refractivity contribution in [2.45, 2.75) is 142 Å². The minimum Gasteiger partial charge on any atom is -0.507 e. The van der Waals surface area contributed by atoms with Crippen LogP contribution in [0.3, 0.4) is 0 Å². The van der Waals surface area contributed by atoms with Crippen LogP contribution >= 0.6 is 0 Å². The maximum atomic E-state index is 12.7. The van der Waals surface area contributed by atoms with Gasteiger partial charge in [-0.15, -0.1) is 0 Å².